The van der Waals surface area contributed by atoms with Crippen LogP contribution in [0.15, 0.2) is 140 Å². The molecule has 1 heterocycles. The summed E-state index contributed by atoms with van der Waals surface area (Å²) >= 11 is 0. The second-order valence-corrected chi connectivity index (χ2v) is 10.7. The highest BCUT2D eigenvalue weighted by Gasteiger charge is 2.40. The number of hydrogen-bond donors (Lipinski definition) is 2. The summed E-state index contributed by atoms with van der Waals surface area (Å²) in [4.78, 5) is 0. The van der Waals surface area contributed by atoms with Crippen LogP contribution < -0.4 is 14.2 Å². The van der Waals surface area contributed by atoms with E-state index in [-0.39, 0.29) is 11.5 Å². The number of fused-ring (bicyclic) bond motifs is 2. The van der Waals surface area contributed by atoms with Gasteiger partial charge in [-0.15, -0.1) is 0 Å². The Bertz CT molecular complexity index is 1800. The van der Waals surface area contributed by atoms with Crippen molar-refractivity contribution >= 4 is 0 Å². The summed E-state index contributed by atoms with van der Waals surface area (Å²) in [6.45, 7) is 2.21. The van der Waals surface area contributed by atoms with Crippen molar-refractivity contribution in [2.24, 2.45) is 0 Å². The quantitative estimate of drug-likeness (QED) is 0.211. The smallest absolute Gasteiger partial charge is 0.135 e. The summed E-state index contributed by atoms with van der Waals surface area (Å²) in [7, 11) is 0. The van der Waals surface area contributed by atoms with Gasteiger partial charge < -0.3 is 24.4 Å². The minimum absolute atomic E-state index is 0.178. The molecule has 0 amide bonds. The van der Waals surface area contributed by atoms with Gasteiger partial charge >= 0.3 is 0 Å². The van der Waals surface area contributed by atoms with Crippen LogP contribution in [0.5, 0.6) is 46.0 Å². The van der Waals surface area contributed by atoms with E-state index in [9.17, 15) is 10.2 Å². The number of ether oxygens (including phenoxy) is 3. The van der Waals surface area contributed by atoms with Crippen LogP contribution in [0, 0.1) is 0 Å². The summed E-state index contributed by atoms with van der Waals surface area (Å²) in [5.74, 6) is 4.17. The summed E-state index contributed by atoms with van der Waals surface area (Å²) in [5.41, 5.74) is 4.93. The lowest BCUT2D eigenvalue weighted by Crippen LogP contribution is -2.29. The van der Waals surface area contributed by atoms with Gasteiger partial charge in [0, 0.05) is 28.7 Å². The van der Waals surface area contributed by atoms with Crippen LogP contribution in [0.2, 0.25) is 0 Å². The molecule has 210 valence electrons. The second kappa shape index (κ2) is 10.6. The zero-order valence-corrected chi connectivity index (χ0v) is 23.4. The molecule has 2 N–H and O–H groups in total. The minimum atomic E-state index is -0.535. The molecule has 7 rings (SSSR count). The third-order valence-corrected chi connectivity index (χ3v) is 7.92. The predicted molar refractivity (Wildman–Crippen MR) is 167 cm³/mol. The van der Waals surface area contributed by atoms with Gasteiger partial charge in [0.25, 0.3) is 0 Å². The molecule has 6 aromatic rings. The van der Waals surface area contributed by atoms with Gasteiger partial charge in [0.1, 0.15) is 46.0 Å². The highest BCUT2D eigenvalue weighted by Crippen LogP contribution is 2.53. The number of benzene rings is 6. The molecule has 43 heavy (non-hydrogen) atoms. The summed E-state index contributed by atoms with van der Waals surface area (Å²) in [6.07, 6.45) is 0. The molecule has 0 fully saturated rings. The zero-order chi connectivity index (χ0) is 29.4. The van der Waals surface area contributed by atoms with Crippen molar-refractivity contribution in [3.63, 3.8) is 0 Å². The van der Waals surface area contributed by atoms with Gasteiger partial charge in [0.05, 0.1) is 0 Å². The number of phenols is 2. The van der Waals surface area contributed by atoms with Crippen molar-refractivity contribution in [1.82, 2.24) is 0 Å². The standard InChI is InChI=1S/C38H28O5/c1-38(27-9-7-26(8-10-27)25-5-3-2-4-6-25)34-21-19-32(41-30-15-11-28(39)12-16-30)23-36(34)43-37-24-33(20-22-35(37)38)42-31-17-13-29(40)14-18-31/h2-24,39-40H,1H3. The molecular weight excluding hydrogens is 536 g/mol. The Morgan fingerprint density at radius 3 is 1.42 bits per heavy atom. The number of phenolic OH excluding ortho intramolecular Hbond substituents is 2. The largest absolute Gasteiger partial charge is 0.508 e. The van der Waals surface area contributed by atoms with Gasteiger partial charge in [0.15, 0.2) is 0 Å². The van der Waals surface area contributed by atoms with Gasteiger partial charge in [-0.3, -0.25) is 0 Å². The van der Waals surface area contributed by atoms with Crippen LogP contribution in [0.25, 0.3) is 11.1 Å². The Morgan fingerprint density at radius 2 is 0.930 bits per heavy atom. The average molecular weight is 565 g/mol. The lowest BCUT2D eigenvalue weighted by atomic mass is 9.69. The maximum absolute atomic E-state index is 9.65. The van der Waals surface area contributed by atoms with E-state index in [2.05, 4.69) is 55.5 Å². The first-order valence-corrected chi connectivity index (χ1v) is 14.0. The van der Waals surface area contributed by atoms with Crippen LogP contribution in [0.1, 0.15) is 23.6 Å². The molecule has 0 bridgehead atoms. The van der Waals surface area contributed by atoms with Gasteiger partial charge in [-0.2, -0.15) is 0 Å². The van der Waals surface area contributed by atoms with Crippen LogP contribution in [-0.4, -0.2) is 10.2 Å². The molecule has 0 unspecified atom stereocenters. The molecule has 5 nitrogen and oxygen atoms in total. The first-order valence-electron chi connectivity index (χ1n) is 14.0. The van der Waals surface area contributed by atoms with Crippen LogP contribution in [0.4, 0.5) is 0 Å². The van der Waals surface area contributed by atoms with E-state index < -0.39 is 5.41 Å². The fraction of sp³-hybridized carbons (Fsp3) is 0.0526. The van der Waals surface area contributed by atoms with E-state index in [0.29, 0.717) is 34.5 Å². The van der Waals surface area contributed by atoms with Crippen molar-refractivity contribution in [3.05, 3.63) is 156 Å². The number of rotatable bonds is 6. The second-order valence-electron chi connectivity index (χ2n) is 10.7. The van der Waals surface area contributed by atoms with Crippen molar-refractivity contribution in [2.75, 3.05) is 0 Å². The highest BCUT2D eigenvalue weighted by atomic mass is 16.5. The van der Waals surface area contributed by atoms with E-state index in [1.165, 1.54) is 5.56 Å². The molecule has 0 spiro atoms. The third kappa shape index (κ3) is 5.02. The van der Waals surface area contributed by atoms with E-state index in [1.807, 2.05) is 42.5 Å². The van der Waals surface area contributed by atoms with Gasteiger partial charge in [0.2, 0.25) is 0 Å². The SMILES string of the molecule is CC1(c2ccc(-c3ccccc3)cc2)c2ccc(Oc3ccc(O)cc3)cc2Oc2cc(Oc3ccc(O)cc3)ccc21. The highest BCUT2D eigenvalue weighted by molar-refractivity contribution is 5.68. The normalized spacial score (nSPS) is 12.9. The first kappa shape index (κ1) is 26.2. The van der Waals surface area contributed by atoms with E-state index in [4.69, 9.17) is 14.2 Å². The Hall–Kier alpha value is -5.68. The van der Waals surface area contributed by atoms with E-state index in [0.717, 1.165) is 22.3 Å². The van der Waals surface area contributed by atoms with Crippen molar-refractivity contribution in [1.29, 1.82) is 0 Å². The van der Waals surface area contributed by atoms with E-state index >= 15 is 0 Å². The maximum atomic E-state index is 9.65. The fourth-order valence-electron chi connectivity index (χ4n) is 5.63. The lowest BCUT2D eigenvalue weighted by molar-refractivity contribution is 0.412. The van der Waals surface area contributed by atoms with Crippen LogP contribution in [-0.2, 0) is 5.41 Å². The van der Waals surface area contributed by atoms with E-state index in [1.54, 1.807) is 48.5 Å². The van der Waals surface area contributed by atoms with Crippen LogP contribution in [0.3, 0.4) is 0 Å². The molecular formula is C38H28O5. The van der Waals surface area contributed by atoms with Crippen LogP contribution >= 0.6 is 0 Å². The van der Waals surface area contributed by atoms with Crippen molar-refractivity contribution < 1.29 is 24.4 Å². The third-order valence-electron chi connectivity index (χ3n) is 7.92. The van der Waals surface area contributed by atoms with Crippen molar-refractivity contribution in [3.8, 4) is 57.1 Å². The molecule has 0 aromatic heterocycles. The Kier molecular flexibility index (Phi) is 6.48. The zero-order valence-electron chi connectivity index (χ0n) is 23.4. The Labute approximate surface area is 249 Å². The van der Waals surface area contributed by atoms with Gasteiger partial charge in [-0.05, 0) is 84.3 Å². The van der Waals surface area contributed by atoms with Crippen molar-refractivity contribution in [2.45, 2.75) is 12.3 Å². The molecule has 1 aliphatic rings. The molecule has 0 aliphatic carbocycles. The monoisotopic (exact) mass is 564 g/mol. The summed E-state index contributed by atoms with van der Waals surface area (Å²) < 4.78 is 18.7. The summed E-state index contributed by atoms with van der Waals surface area (Å²) in [6, 6.07) is 44.1. The molecule has 0 saturated carbocycles. The first-order chi connectivity index (χ1) is 21.0. The lowest BCUT2D eigenvalue weighted by Gasteiger charge is -2.38. The number of hydrogen-bond acceptors (Lipinski definition) is 5. The fourth-order valence-corrected chi connectivity index (χ4v) is 5.63. The minimum Gasteiger partial charge on any atom is -0.508 e. The molecule has 5 heteroatoms. The molecule has 0 saturated heterocycles. The summed E-state index contributed by atoms with van der Waals surface area (Å²) in [5, 5.41) is 19.3. The predicted octanol–water partition coefficient (Wildman–Crippen LogP) is 9.81. The molecule has 0 atom stereocenters. The molecule has 0 radical (unpaired) electrons. The van der Waals surface area contributed by atoms with Gasteiger partial charge in [-0.1, -0.05) is 66.7 Å². The maximum Gasteiger partial charge on any atom is 0.135 e. The molecule has 6 aromatic carbocycles. The average Bonchev–Trinajstić information content (AvgIpc) is 3.04. The Balaban J connectivity index is 1.30. The molecule has 1 aliphatic heterocycles. The Morgan fingerprint density at radius 1 is 0.488 bits per heavy atom. The number of aromatic hydroxyl groups is 2. The topological polar surface area (TPSA) is 68.2 Å². The van der Waals surface area contributed by atoms with Gasteiger partial charge in [-0.25, -0.2) is 0 Å².